The molecule has 3 heteroatoms. The average molecular weight is 259 g/mol. The van der Waals surface area contributed by atoms with E-state index in [0.29, 0.717) is 6.54 Å². The third-order valence-electron chi connectivity index (χ3n) is 3.57. The molecule has 2 unspecified atom stereocenters. The molecular formula is C16H21NO2. The van der Waals surface area contributed by atoms with Gasteiger partial charge >= 0.3 is 0 Å². The first-order chi connectivity index (χ1) is 9.31. The van der Waals surface area contributed by atoms with Gasteiger partial charge in [0.2, 0.25) is 0 Å². The van der Waals surface area contributed by atoms with Crippen LogP contribution in [-0.4, -0.2) is 23.9 Å². The number of ether oxygens (including phenoxy) is 1. The van der Waals surface area contributed by atoms with Crippen LogP contribution in [0.25, 0.3) is 0 Å². The van der Waals surface area contributed by atoms with Crippen LogP contribution in [0.3, 0.4) is 0 Å². The number of hydrogen-bond donors (Lipinski definition) is 2. The lowest BCUT2D eigenvalue weighted by Gasteiger charge is -2.28. The molecule has 0 bridgehead atoms. The molecule has 19 heavy (non-hydrogen) atoms. The number of aliphatic hydroxyl groups excluding tert-OH is 1. The van der Waals surface area contributed by atoms with Crippen molar-refractivity contribution in [3.05, 3.63) is 29.8 Å². The van der Waals surface area contributed by atoms with E-state index < -0.39 is 0 Å². The molecule has 1 saturated carbocycles. The second kappa shape index (κ2) is 7.18. The van der Waals surface area contributed by atoms with E-state index in [2.05, 4.69) is 11.2 Å². The Morgan fingerprint density at radius 3 is 2.89 bits per heavy atom. The van der Waals surface area contributed by atoms with Crippen molar-refractivity contribution in [2.75, 3.05) is 6.61 Å². The largest absolute Gasteiger partial charge is 0.481 e. The van der Waals surface area contributed by atoms with E-state index in [0.717, 1.165) is 30.6 Å². The smallest absolute Gasteiger partial charge is 0.148 e. The standard InChI is InChI=1S/C16H21NO2/c1-2-11-19-16-10-6-3-7-13(16)12-17-14-8-4-5-9-15(14)18/h1,3,6-7,10,14-15,17-18H,4-5,8-9,11-12H2. The summed E-state index contributed by atoms with van der Waals surface area (Å²) in [5.74, 6) is 3.29. The van der Waals surface area contributed by atoms with E-state index in [1.54, 1.807) is 0 Å². The number of benzene rings is 1. The van der Waals surface area contributed by atoms with Crippen molar-refractivity contribution in [1.82, 2.24) is 5.32 Å². The van der Waals surface area contributed by atoms with Crippen molar-refractivity contribution in [2.45, 2.75) is 44.4 Å². The predicted molar refractivity (Wildman–Crippen MR) is 75.9 cm³/mol. The van der Waals surface area contributed by atoms with Gasteiger partial charge in [0, 0.05) is 18.2 Å². The lowest BCUT2D eigenvalue weighted by atomic mass is 9.92. The normalized spacial score (nSPS) is 22.7. The van der Waals surface area contributed by atoms with E-state index in [1.165, 1.54) is 6.42 Å². The zero-order valence-electron chi connectivity index (χ0n) is 11.1. The minimum absolute atomic E-state index is 0.189. The first kappa shape index (κ1) is 13.9. The first-order valence-corrected chi connectivity index (χ1v) is 6.87. The Hall–Kier alpha value is -1.50. The van der Waals surface area contributed by atoms with Crippen LogP contribution in [0.1, 0.15) is 31.2 Å². The fraction of sp³-hybridized carbons (Fsp3) is 0.500. The summed E-state index contributed by atoms with van der Waals surface area (Å²) >= 11 is 0. The minimum Gasteiger partial charge on any atom is -0.481 e. The molecule has 0 amide bonds. The van der Waals surface area contributed by atoms with Crippen LogP contribution >= 0.6 is 0 Å². The van der Waals surface area contributed by atoms with Crippen LogP contribution in [0.5, 0.6) is 5.75 Å². The zero-order chi connectivity index (χ0) is 13.5. The van der Waals surface area contributed by atoms with Gasteiger partial charge in [0.25, 0.3) is 0 Å². The maximum Gasteiger partial charge on any atom is 0.148 e. The Morgan fingerprint density at radius 1 is 1.32 bits per heavy atom. The highest BCUT2D eigenvalue weighted by Crippen LogP contribution is 2.21. The number of nitrogens with one attached hydrogen (secondary N) is 1. The summed E-state index contributed by atoms with van der Waals surface area (Å²) in [6, 6.07) is 8.05. The fourth-order valence-electron chi connectivity index (χ4n) is 2.50. The Balaban J connectivity index is 1.93. The highest BCUT2D eigenvalue weighted by atomic mass is 16.5. The summed E-state index contributed by atoms with van der Waals surface area (Å²) in [5, 5.41) is 13.4. The quantitative estimate of drug-likeness (QED) is 0.796. The maximum atomic E-state index is 9.94. The molecule has 3 nitrogen and oxygen atoms in total. The molecule has 1 fully saturated rings. The fourth-order valence-corrected chi connectivity index (χ4v) is 2.50. The average Bonchev–Trinajstić information content (AvgIpc) is 2.45. The van der Waals surface area contributed by atoms with Crippen LogP contribution in [0.2, 0.25) is 0 Å². The Morgan fingerprint density at radius 2 is 2.11 bits per heavy atom. The summed E-state index contributed by atoms with van der Waals surface area (Å²) < 4.78 is 5.51. The van der Waals surface area contributed by atoms with Crippen LogP contribution in [-0.2, 0) is 6.54 Å². The van der Waals surface area contributed by atoms with E-state index in [9.17, 15) is 5.11 Å². The third kappa shape index (κ3) is 3.99. The van der Waals surface area contributed by atoms with E-state index in [4.69, 9.17) is 11.2 Å². The lowest BCUT2D eigenvalue weighted by Crippen LogP contribution is -2.41. The van der Waals surface area contributed by atoms with Crippen molar-refractivity contribution in [1.29, 1.82) is 0 Å². The molecule has 2 N–H and O–H groups in total. The lowest BCUT2D eigenvalue weighted by molar-refractivity contribution is 0.0901. The van der Waals surface area contributed by atoms with Gasteiger partial charge in [-0.2, -0.15) is 0 Å². The molecule has 0 aromatic heterocycles. The summed E-state index contributed by atoms with van der Waals surface area (Å²) in [4.78, 5) is 0. The second-order valence-corrected chi connectivity index (χ2v) is 4.94. The van der Waals surface area contributed by atoms with Gasteiger partial charge in [-0.1, -0.05) is 37.0 Å². The molecule has 2 rings (SSSR count). The van der Waals surface area contributed by atoms with Gasteiger partial charge < -0.3 is 15.2 Å². The van der Waals surface area contributed by atoms with E-state index in [-0.39, 0.29) is 18.8 Å². The molecule has 102 valence electrons. The van der Waals surface area contributed by atoms with Crippen molar-refractivity contribution in [3.63, 3.8) is 0 Å². The number of rotatable bonds is 5. The van der Waals surface area contributed by atoms with Gasteiger partial charge in [-0.3, -0.25) is 0 Å². The van der Waals surface area contributed by atoms with Crippen LogP contribution in [0, 0.1) is 12.3 Å². The molecule has 0 spiro atoms. The molecule has 1 aromatic rings. The molecule has 1 aliphatic carbocycles. The molecule has 0 aliphatic heterocycles. The number of para-hydroxylation sites is 1. The highest BCUT2D eigenvalue weighted by molar-refractivity contribution is 5.33. The molecule has 1 aromatic carbocycles. The SMILES string of the molecule is C#CCOc1ccccc1CNC1CCCCC1O. The number of terminal acetylenes is 1. The minimum atomic E-state index is -0.229. The van der Waals surface area contributed by atoms with Crippen LogP contribution in [0.4, 0.5) is 0 Å². The molecule has 0 saturated heterocycles. The summed E-state index contributed by atoms with van der Waals surface area (Å²) in [6.07, 6.45) is 9.23. The first-order valence-electron chi connectivity index (χ1n) is 6.87. The van der Waals surface area contributed by atoms with Gasteiger partial charge in [-0.25, -0.2) is 0 Å². The van der Waals surface area contributed by atoms with Gasteiger partial charge in [0.1, 0.15) is 12.4 Å². The predicted octanol–water partition coefficient (Wildman–Crippen LogP) is 2.09. The number of hydrogen-bond acceptors (Lipinski definition) is 3. The molecule has 0 heterocycles. The monoisotopic (exact) mass is 259 g/mol. The number of aliphatic hydroxyl groups is 1. The Kier molecular flexibility index (Phi) is 5.26. The van der Waals surface area contributed by atoms with Crippen molar-refractivity contribution < 1.29 is 9.84 Å². The van der Waals surface area contributed by atoms with Gasteiger partial charge in [0.05, 0.1) is 6.10 Å². The van der Waals surface area contributed by atoms with Crippen LogP contribution in [0.15, 0.2) is 24.3 Å². The summed E-state index contributed by atoms with van der Waals surface area (Å²) in [5.41, 5.74) is 1.08. The molecular weight excluding hydrogens is 238 g/mol. The highest BCUT2D eigenvalue weighted by Gasteiger charge is 2.22. The molecule has 0 radical (unpaired) electrons. The van der Waals surface area contributed by atoms with Gasteiger partial charge in [0.15, 0.2) is 0 Å². The van der Waals surface area contributed by atoms with Gasteiger partial charge in [-0.05, 0) is 18.9 Å². The van der Waals surface area contributed by atoms with Crippen molar-refractivity contribution >= 4 is 0 Å². The Labute approximate surface area is 115 Å². The van der Waals surface area contributed by atoms with Crippen LogP contribution < -0.4 is 10.1 Å². The van der Waals surface area contributed by atoms with Crippen molar-refractivity contribution in [3.8, 4) is 18.1 Å². The third-order valence-corrected chi connectivity index (χ3v) is 3.57. The second-order valence-electron chi connectivity index (χ2n) is 4.94. The summed E-state index contributed by atoms with van der Waals surface area (Å²) in [6.45, 7) is 0.978. The zero-order valence-corrected chi connectivity index (χ0v) is 11.1. The van der Waals surface area contributed by atoms with Gasteiger partial charge in [-0.15, -0.1) is 6.42 Å². The molecule has 2 atom stereocenters. The van der Waals surface area contributed by atoms with Crippen molar-refractivity contribution in [2.24, 2.45) is 0 Å². The maximum absolute atomic E-state index is 9.94. The van der Waals surface area contributed by atoms with E-state index >= 15 is 0 Å². The topological polar surface area (TPSA) is 41.5 Å². The Bertz CT molecular complexity index is 439. The van der Waals surface area contributed by atoms with E-state index in [1.807, 2.05) is 24.3 Å². The summed E-state index contributed by atoms with van der Waals surface area (Å²) in [7, 11) is 0. The molecule has 1 aliphatic rings.